The number of Topliss-reactive ketones (excluding diaryl/α,β-unsaturated/α-hetero) is 1. The average Bonchev–Trinajstić information content (AvgIpc) is 2.20. The molecule has 16 heavy (non-hydrogen) atoms. The number of aliphatic hydroxyl groups excluding tert-OH is 1. The largest absolute Gasteiger partial charge is 0.512 e. The smallest absolute Gasteiger partial charge is 0.166 e. The van der Waals surface area contributed by atoms with E-state index in [-0.39, 0.29) is 34.2 Å². The van der Waals surface area contributed by atoms with E-state index in [4.69, 9.17) is 5.11 Å². The van der Waals surface area contributed by atoms with Crippen LogP contribution in [0.4, 0.5) is 0 Å². The number of benzene rings is 1. The molecular formula is C12H12O4. The molecule has 0 saturated heterocycles. The summed E-state index contributed by atoms with van der Waals surface area (Å²) < 4.78 is 0. The van der Waals surface area contributed by atoms with E-state index in [0.29, 0.717) is 19.3 Å². The standard InChI is InChI=1S/C12H12O4/c13-7-4-5-8(11(16)6-7)12-9(14)2-1-3-10(12)15/h4-6,13-14,16H,1-3H2. The molecule has 1 aliphatic carbocycles. The van der Waals surface area contributed by atoms with Crippen LogP contribution >= 0.6 is 0 Å². The predicted molar refractivity (Wildman–Crippen MR) is 58.2 cm³/mol. The molecule has 0 fully saturated rings. The second-order valence-corrected chi connectivity index (χ2v) is 3.80. The SMILES string of the molecule is O=C1CCCC(O)=C1c1ccc(O)cc1O. The maximum absolute atomic E-state index is 11.7. The van der Waals surface area contributed by atoms with Crippen LogP contribution in [0.3, 0.4) is 0 Å². The number of hydrogen-bond donors (Lipinski definition) is 3. The van der Waals surface area contributed by atoms with Crippen LogP contribution in [0.1, 0.15) is 24.8 Å². The lowest BCUT2D eigenvalue weighted by atomic mass is 9.90. The molecular weight excluding hydrogens is 208 g/mol. The van der Waals surface area contributed by atoms with Crippen LogP contribution in [-0.4, -0.2) is 21.1 Å². The summed E-state index contributed by atoms with van der Waals surface area (Å²) in [5.74, 6) is -0.441. The van der Waals surface area contributed by atoms with E-state index in [2.05, 4.69) is 0 Å². The summed E-state index contributed by atoms with van der Waals surface area (Å²) in [4.78, 5) is 11.7. The van der Waals surface area contributed by atoms with Crippen molar-refractivity contribution in [1.82, 2.24) is 0 Å². The molecule has 4 nitrogen and oxygen atoms in total. The second-order valence-electron chi connectivity index (χ2n) is 3.80. The first-order valence-corrected chi connectivity index (χ1v) is 5.07. The van der Waals surface area contributed by atoms with Crippen molar-refractivity contribution in [3.8, 4) is 11.5 Å². The van der Waals surface area contributed by atoms with Gasteiger partial charge in [-0.05, 0) is 18.6 Å². The van der Waals surface area contributed by atoms with Crippen molar-refractivity contribution in [2.24, 2.45) is 0 Å². The molecule has 2 rings (SSSR count). The molecule has 0 heterocycles. The normalized spacial score (nSPS) is 16.6. The van der Waals surface area contributed by atoms with Crippen LogP contribution < -0.4 is 0 Å². The van der Waals surface area contributed by atoms with Gasteiger partial charge in [-0.3, -0.25) is 4.79 Å². The molecule has 0 aromatic heterocycles. The van der Waals surface area contributed by atoms with Gasteiger partial charge in [0.15, 0.2) is 5.78 Å². The summed E-state index contributed by atoms with van der Waals surface area (Å²) in [6.45, 7) is 0. The van der Waals surface area contributed by atoms with Gasteiger partial charge < -0.3 is 15.3 Å². The second kappa shape index (κ2) is 3.89. The van der Waals surface area contributed by atoms with Crippen molar-refractivity contribution in [3.63, 3.8) is 0 Å². The number of rotatable bonds is 1. The van der Waals surface area contributed by atoms with E-state index in [1.165, 1.54) is 12.1 Å². The number of carbonyl (C=O) groups excluding carboxylic acids is 1. The number of aliphatic hydroxyl groups is 1. The monoisotopic (exact) mass is 220 g/mol. The van der Waals surface area contributed by atoms with Crippen molar-refractivity contribution in [2.45, 2.75) is 19.3 Å². The van der Waals surface area contributed by atoms with Gasteiger partial charge in [0, 0.05) is 24.5 Å². The lowest BCUT2D eigenvalue weighted by Gasteiger charge is -2.16. The lowest BCUT2D eigenvalue weighted by Crippen LogP contribution is -2.10. The number of aromatic hydroxyl groups is 2. The van der Waals surface area contributed by atoms with Gasteiger partial charge in [-0.15, -0.1) is 0 Å². The van der Waals surface area contributed by atoms with Gasteiger partial charge in [0.2, 0.25) is 0 Å². The summed E-state index contributed by atoms with van der Waals surface area (Å²) in [5.41, 5.74) is 0.448. The molecule has 0 radical (unpaired) electrons. The minimum Gasteiger partial charge on any atom is -0.512 e. The molecule has 4 heteroatoms. The Hall–Kier alpha value is -1.97. The number of ketones is 1. The van der Waals surface area contributed by atoms with Gasteiger partial charge >= 0.3 is 0 Å². The summed E-state index contributed by atoms with van der Waals surface area (Å²) >= 11 is 0. The molecule has 0 aliphatic heterocycles. The first-order chi connectivity index (χ1) is 7.59. The van der Waals surface area contributed by atoms with Crippen molar-refractivity contribution in [1.29, 1.82) is 0 Å². The predicted octanol–water partition coefficient (Wildman–Crippen LogP) is 2.12. The number of allylic oxidation sites excluding steroid dienone is 2. The molecule has 0 amide bonds. The molecule has 84 valence electrons. The van der Waals surface area contributed by atoms with E-state index in [1.54, 1.807) is 0 Å². The Labute approximate surface area is 92.5 Å². The Balaban J connectivity index is 2.54. The Kier molecular flexibility index (Phi) is 2.56. The molecule has 0 spiro atoms. The van der Waals surface area contributed by atoms with Crippen LogP contribution in [0.15, 0.2) is 24.0 Å². The highest BCUT2D eigenvalue weighted by molar-refractivity contribution is 6.22. The molecule has 0 bridgehead atoms. The topological polar surface area (TPSA) is 77.8 Å². The summed E-state index contributed by atoms with van der Waals surface area (Å²) in [6.07, 6.45) is 1.45. The van der Waals surface area contributed by atoms with Crippen molar-refractivity contribution < 1.29 is 20.1 Å². The fraction of sp³-hybridized carbons (Fsp3) is 0.250. The maximum Gasteiger partial charge on any atom is 0.166 e. The number of hydrogen-bond acceptors (Lipinski definition) is 4. The number of phenols is 2. The van der Waals surface area contributed by atoms with E-state index in [1.807, 2.05) is 0 Å². The van der Waals surface area contributed by atoms with E-state index >= 15 is 0 Å². The molecule has 1 aromatic carbocycles. The molecule has 1 aromatic rings. The Morgan fingerprint density at radius 2 is 1.81 bits per heavy atom. The Morgan fingerprint density at radius 3 is 2.44 bits per heavy atom. The van der Waals surface area contributed by atoms with Gasteiger partial charge in [-0.1, -0.05) is 0 Å². The number of carbonyl (C=O) groups is 1. The van der Waals surface area contributed by atoms with Crippen LogP contribution in [-0.2, 0) is 4.79 Å². The number of phenolic OH excluding ortho intramolecular Hbond substituents is 2. The van der Waals surface area contributed by atoms with Gasteiger partial charge in [0.05, 0.1) is 5.57 Å². The van der Waals surface area contributed by atoms with Crippen molar-refractivity contribution in [2.75, 3.05) is 0 Å². The third-order valence-corrected chi connectivity index (χ3v) is 2.64. The molecule has 0 unspecified atom stereocenters. The zero-order chi connectivity index (χ0) is 11.7. The maximum atomic E-state index is 11.7. The van der Waals surface area contributed by atoms with E-state index in [0.717, 1.165) is 6.07 Å². The van der Waals surface area contributed by atoms with Gasteiger partial charge in [-0.2, -0.15) is 0 Å². The van der Waals surface area contributed by atoms with E-state index < -0.39 is 0 Å². The van der Waals surface area contributed by atoms with Crippen LogP contribution in [0, 0.1) is 0 Å². The quantitative estimate of drug-likeness (QED) is 0.677. The van der Waals surface area contributed by atoms with Gasteiger partial charge in [-0.25, -0.2) is 0 Å². The highest BCUT2D eigenvalue weighted by Gasteiger charge is 2.23. The molecule has 0 saturated carbocycles. The van der Waals surface area contributed by atoms with Crippen molar-refractivity contribution in [3.05, 3.63) is 29.5 Å². The fourth-order valence-electron chi connectivity index (χ4n) is 1.86. The van der Waals surface area contributed by atoms with Crippen molar-refractivity contribution >= 4 is 11.4 Å². The third-order valence-electron chi connectivity index (χ3n) is 2.64. The van der Waals surface area contributed by atoms with Gasteiger partial charge in [0.25, 0.3) is 0 Å². The Bertz CT molecular complexity index is 474. The van der Waals surface area contributed by atoms with Crippen LogP contribution in [0.25, 0.3) is 5.57 Å². The highest BCUT2D eigenvalue weighted by atomic mass is 16.3. The third kappa shape index (κ3) is 1.74. The summed E-state index contributed by atoms with van der Waals surface area (Å²) in [6, 6.07) is 3.95. The zero-order valence-electron chi connectivity index (χ0n) is 8.60. The fourth-order valence-corrected chi connectivity index (χ4v) is 1.86. The minimum absolute atomic E-state index is 0.0113. The first-order valence-electron chi connectivity index (χ1n) is 5.07. The molecule has 3 N–H and O–H groups in total. The van der Waals surface area contributed by atoms with E-state index in [9.17, 15) is 15.0 Å². The molecule has 1 aliphatic rings. The summed E-state index contributed by atoms with van der Waals surface area (Å²) in [5, 5.41) is 28.4. The summed E-state index contributed by atoms with van der Waals surface area (Å²) in [7, 11) is 0. The lowest BCUT2D eigenvalue weighted by molar-refractivity contribution is -0.114. The van der Waals surface area contributed by atoms with Gasteiger partial charge in [0.1, 0.15) is 17.3 Å². The highest BCUT2D eigenvalue weighted by Crippen LogP contribution is 2.34. The Morgan fingerprint density at radius 1 is 1.06 bits per heavy atom. The molecule has 0 atom stereocenters. The first kappa shape index (κ1) is 10.5. The van der Waals surface area contributed by atoms with Crippen LogP contribution in [0.5, 0.6) is 11.5 Å². The minimum atomic E-state index is -0.197. The van der Waals surface area contributed by atoms with Crippen LogP contribution in [0.2, 0.25) is 0 Å². The average molecular weight is 220 g/mol. The zero-order valence-corrected chi connectivity index (χ0v) is 8.60.